The quantitative estimate of drug-likeness (QED) is 0.739. The highest BCUT2D eigenvalue weighted by atomic mass is 19.4. The molecule has 2 aromatic carbocycles. The summed E-state index contributed by atoms with van der Waals surface area (Å²) in [6, 6.07) is 8.16. The Bertz CT molecular complexity index is 847. The number of ether oxygens (including phenoxy) is 2. The summed E-state index contributed by atoms with van der Waals surface area (Å²) in [5, 5.41) is 0. The highest BCUT2D eigenvalue weighted by Crippen LogP contribution is 2.34. The van der Waals surface area contributed by atoms with Crippen molar-refractivity contribution in [2.45, 2.75) is 33.0 Å². The summed E-state index contributed by atoms with van der Waals surface area (Å²) < 4.78 is 49.4. The van der Waals surface area contributed by atoms with Crippen molar-refractivity contribution < 1.29 is 27.4 Å². The lowest BCUT2D eigenvalue weighted by Gasteiger charge is -2.30. The first-order chi connectivity index (χ1) is 13.3. The van der Waals surface area contributed by atoms with Crippen LogP contribution in [0.3, 0.4) is 0 Å². The number of carbonyl (C=O) groups is 1. The molecule has 3 rings (SSSR count). The summed E-state index contributed by atoms with van der Waals surface area (Å²) in [6.07, 6.45) is -3.77. The summed E-state index contributed by atoms with van der Waals surface area (Å²) in [5.41, 5.74) is 1.52. The fourth-order valence-electron chi connectivity index (χ4n) is 3.26. The third kappa shape index (κ3) is 4.24. The van der Waals surface area contributed by atoms with Gasteiger partial charge in [0, 0.05) is 18.7 Å². The van der Waals surface area contributed by atoms with Crippen molar-refractivity contribution in [3.05, 3.63) is 58.7 Å². The van der Waals surface area contributed by atoms with Crippen LogP contribution in [-0.2, 0) is 19.1 Å². The lowest BCUT2D eigenvalue weighted by molar-refractivity contribution is -0.137. The summed E-state index contributed by atoms with van der Waals surface area (Å²) in [5.74, 6) is 1.03. The zero-order chi connectivity index (χ0) is 20.3. The van der Waals surface area contributed by atoms with Crippen molar-refractivity contribution in [2.75, 3.05) is 19.8 Å². The van der Waals surface area contributed by atoms with Crippen LogP contribution in [0.5, 0.6) is 11.5 Å². The molecule has 0 saturated carbocycles. The summed E-state index contributed by atoms with van der Waals surface area (Å²) >= 11 is 0. The number of alkyl halides is 3. The van der Waals surface area contributed by atoms with E-state index in [1.165, 1.54) is 12.1 Å². The summed E-state index contributed by atoms with van der Waals surface area (Å²) in [6.45, 7) is 5.67. The Labute approximate surface area is 161 Å². The monoisotopic (exact) mass is 393 g/mol. The minimum Gasteiger partial charge on any atom is -0.490 e. The van der Waals surface area contributed by atoms with Gasteiger partial charge in [0.1, 0.15) is 0 Å². The molecule has 0 N–H and O–H groups in total. The van der Waals surface area contributed by atoms with Crippen LogP contribution in [0, 0.1) is 0 Å². The van der Waals surface area contributed by atoms with Crippen LogP contribution in [0.2, 0.25) is 0 Å². The summed E-state index contributed by atoms with van der Waals surface area (Å²) in [4.78, 5) is 14.4. The van der Waals surface area contributed by atoms with Gasteiger partial charge in [-0.05, 0) is 67.8 Å². The van der Waals surface area contributed by atoms with Crippen LogP contribution in [0.25, 0.3) is 0 Å². The molecule has 0 fully saturated rings. The van der Waals surface area contributed by atoms with Crippen LogP contribution < -0.4 is 9.47 Å². The van der Waals surface area contributed by atoms with Gasteiger partial charge in [-0.1, -0.05) is 0 Å². The Hall–Kier alpha value is -2.70. The van der Waals surface area contributed by atoms with Gasteiger partial charge in [-0.2, -0.15) is 13.2 Å². The second-order valence-electron chi connectivity index (χ2n) is 6.49. The maximum atomic E-state index is 12.7. The molecular weight excluding hydrogens is 371 g/mol. The number of hydrogen-bond acceptors (Lipinski definition) is 3. The zero-order valence-electron chi connectivity index (χ0n) is 15.8. The van der Waals surface area contributed by atoms with E-state index in [-0.39, 0.29) is 11.5 Å². The topological polar surface area (TPSA) is 38.8 Å². The fraction of sp³-hybridized carbons (Fsp3) is 0.381. The molecule has 4 nitrogen and oxygen atoms in total. The smallest absolute Gasteiger partial charge is 0.416 e. The Morgan fingerprint density at radius 2 is 1.57 bits per heavy atom. The van der Waals surface area contributed by atoms with Crippen LogP contribution in [-0.4, -0.2) is 30.6 Å². The van der Waals surface area contributed by atoms with Crippen molar-refractivity contribution >= 4 is 5.91 Å². The highest BCUT2D eigenvalue weighted by Gasteiger charge is 2.31. The third-order valence-electron chi connectivity index (χ3n) is 4.62. The number of hydrogen-bond donors (Lipinski definition) is 0. The fourth-order valence-corrected chi connectivity index (χ4v) is 3.26. The van der Waals surface area contributed by atoms with E-state index in [4.69, 9.17) is 9.47 Å². The van der Waals surface area contributed by atoms with Crippen molar-refractivity contribution in [1.82, 2.24) is 4.90 Å². The standard InChI is InChI=1S/C21H22F3NO3/c1-3-27-18-11-15-9-10-25(13-16(15)12-19(18)28-4-2)20(26)14-5-7-17(8-6-14)21(22,23)24/h5-8,11-12H,3-4,9-10,13H2,1-2H3. The van der Waals surface area contributed by atoms with E-state index in [1.54, 1.807) is 4.90 Å². The van der Waals surface area contributed by atoms with E-state index < -0.39 is 11.7 Å². The molecule has 0 atom stereocenters. The molecule has 1 aliphatic rings. The molecule has 0 aromatic heterocycles. The average molecular weight is 393 g/mol. The van der Waals surface area contributed by atoms with Crippen molar-refractivity contribution in [3.8, 4) is 11.5 Å². The minimum absolute atomic E-state index is 0.243. The van der Waals surface area contributed by atoms with Gasteiger partial charge in [0.15, 0.2) is 11.5 Å². The molecule has 0 bridgehead atoms. The van der Waals surface area contributed by atoms with Crippen LogP contribution >= 0.6 is 0 Å². The Balaban J connectivity index is 1.80. The number of amides is 1. The molecule has 0 saturated heterocycles. The van der Waals surface area contributed by atoms with Crippen molar-refractivity contribution in [2.24, 2.45) is 0 Å². The third-order valence-corrected chi connectivity index (χ3v) is 4.62. The maximum Gasteiger partial charge on any atom is 0.416 e. The summed E-state index contributed by atoms with van der Waals surface area (Å²) in [7, 11) is 0. The SMILES string of the molecule is CCOc1cc2c(cc1OCC)CN(C(=O)c1ccc(C(F)(F)F)cc1)CC2. The number of halogens is 3. The molecule has 0 aliphatic carbocycles. The predicted octanol–water partition coefficient (Wildman–Crippen LogP) is 4.70. The van der Waals surface area contributed by atoms with Gasteiger partial charge >= 0.3 is 6.18 Å². The minimum atomic E-state index is -4.42. The van der Waals surface area contributed by atoms with E-state index in [2.05, 4.69) is 0 Å². The van der Waals surface area contributed by atoms with Gasteiger partial charge in [0.25, 0.3) is 5.91 Å². The molecule has 28 heavy (non-hydrogen) atoms. The number of fused-ring (bicyclic) bond motifs is 1. The highest BCUT2D eigenvalue weighted by molar-refractivity contribution is 5.94. The van der Waals surface area contributed by atoms with Crippen molar-refractivity contribution in [3.63, 3.8) is 0 Å². The van der Waals surface area contributed by atoms with Gasteiger partial charge < -0.3 is 14.4 Å². The van der Waals surface area contributed by atoms with Crippen LogP contribution in [0.15, 0.2) is 36.4 Å². The molecule has 1 heterocycles. The van der Waals surface area contributed by atoms with Gasteiger partial charge in [0.05, 0.1) is 18.8 Å². The first-order valence-corrected chi connectivity index (χ1v) is 9.21. The second-order valence-corrected chi connectivity index (χ2v) is 6.49. The zero-order valence-corrected chi connectivity index (χ0v) is 15.8. The number of nitrogens with zero attached hydrogens (tertiary/aromatic N) is 1. The predicted molar refractivity (Wildman–Crippen MR) is 98.7 cm³/mol. The average Bonchev–Trinajstić information content (AvgIpc) is 2.67. The number of benzene rings is 2. The Kier molecular flexibility index (Phi) is 5.82. The van der Waals surface area contributed by atoms with E-state index in [0.29, 0.717) is 44.2 Å². The normalized spacial score (nSPS) is 13.8. The Morgan fingerprint density at radius 1 is 1.00 bits per heavy atom. The second kappa shape index (κ2) is 8.12. The van der Waals surface area contributed by atoms with E-state index in [1.807, 2.05) is 26.0 Å². The molecule has 2 aromatic rings. The molecule has 0 unspecified atom stereocenters. The molecule has 0 radical (unpaired) electrons. The van der Waals surface area contributed by atoms with E-state index >= 15 is 0 Å². The van der Waals surface area contributed by atoms with Crippen LogP contribution in [0.4, 0.5) is 13.2 Å². The molecule has 7 heteroatoms. The van der Waals surface area contributed by atoms with Gasteiger partial charge in [0.2, 0.25) is 0 Å². The van der Waals surface area contributed by atoms with Crippen molar-refractivity contribution in [1.29, 1.82) is 0 Å². The van der Waals surface area contributed by atoms with Gasteiger partial charge in [-0.3, -0.25) is 4.79 Å². The first-order valence-electron chi connectivity index (χ1n) is 9.21. The molecular formula is C21H22F3NO3. The molecule has 0 spiro atoms. The largest absolute Gasteiger partial charge is 0.490 e. The number of carbonyl (C=O) groups excluding carboxylic acids is 1. The molecule has 1 aliphatic heterocycles. The maximum absolute atomic E-state index is 12.7. The first kappa shape index (κ1) is 20.0. The van der Waals surface area contributed by atoms with Crippen LogP contribution in [0.1, 0.15) is 40.9 Å². The molecule has 1 amide bonds. The molecule has 150 valence electrons. The van der Waals surface area contributed by atoms with Gasteiger partial charge in [-0.25, -0.2) is 0 Å². The lowest BCUT2D eigenvalue weighted by atomic mass is 9.98. The van der Waals surface area contributed by atoms with E-state index in [9.17, 15) is 18.0 Å². The lowest BCUT2D eigenvalue weighted by Crippen LogP contribution is -2.36. The number of rotatable bonds is 5. The van der Waals surface area contributed by atoms with Gasteiger partial charge in [-0.15, -0.1) is 0 Å². The Morgan fingerprint density at radius 3 is 2.11 bits per heavy atom. The van der Waals surface area contributed by atoms with E-state index in [0.717, 1.165) is 23.3 Å².